The van der Waals surface area contributed by atoms with E-state index < -0.39 is 34.5 Å². The molecular formula is C20H18Cl2N4O2. The van der Waals surface area contributed by atoms with Crippen LogP contribution in [0, 0.1) is 56.2 Å². The molecule has 4 atom stereocenters. The number of ether oxygens (including phenoxy) is 2. The lowest BCUT2D eigenvalue weighted by atomic mass is 9.53. The van der Waals surface area contributed by atoms with Crippen molar-refractivity contribution in [2.75, 3.05) is 0 Å². The smallest absolute Gasteiger partial charge is 0.245 e. The van der Waals surface area contributed by atoms with Crippen molar-refractivity contribution in [1.29, 1.82) is 21.2 Å². The molecule has 0 aromatic heterocycles. The van der Waals surface area contributed by atoms with Crippen molar-refractivity contribution in [3.8, 4) is 18.2 Å². The van der Waals surface area contributed by atoms with Gasteiger partial charge in [0.1, 0.15) is 0 Å². The molecule has 2 aliphatic heterocycles. The number of unbranched alkanes of at least 4 members (excludes halogenated alkanes) is 1. The highest BCUT2D eigenvalue weighted by molar-refractivity contribution is 6.35. The van der Waals surface area contributed by atoms with Crippen LogP contribution in [-0.4, -0.2) is 12.0 Å². The Labute approximate surface area is 173 Å². The van der Waals surface area contributed by atoms with Crippen LogP contribution in [0.2, 0.25) is 10.0 Å². The zero-order valence-corrected chi connectivity index (χ0v) is 16.9. The molecule has 0 saturated carbocycles. The van der Waals surface area contributed by atoms with Gasteiger partial charge in [0.05, 0.1) is 35.3 Å². The van der Waals surface area contributed by atoms with Gasteiger partial charge in [0, 0.05) is 10.6 Å². The molecule has 2 heterocycles. The van der Waals surface area contributed by atoms with Crippen LogP contribution in [0.3, 0.4) is 0 Å². The van der Waals surface area contributed by atoms with Gasteiger partial charge in [-0.1, -0.05) is 49.9 Å². The van der Waals surface area contributed by atoms with Crippen LogP contribution in [0.5, 0.6) is 0 Å². The Hall–Kier alpha value is -2.30. The summed E-state index contributed by atoms with van der Waals surface area (Å²) >= 11 is 12.4. The van der Waals surface area contributed by atoms with Crippen molar-refractivity contribution in [1.82, 2.24) is 0 Å². The first-order valence-electron chi connectivity index (χ1n) is 8.94. The van der Waals surface area contributed by atoms with E-state index >= 15 is 0 Å². The molecule has 144 valence electrons. The van der Waals surface area contributed by atoms with E-state index in [1.54, 1.807) is 19.1 Å². The number of nitrogens with one attached hydrogen (secondary N) is 1. The van der Waals surface area contributed by atoms with Gasteiger partial charge in [0.2, 0.25) is 11.7 Å². The predicted molar refractivity (Wildman–Crippen MR) is 102 cm³/mol. The number of hydrogen-bond acceptors (Lipinski definition) is 6. The van der Waals surface area contributed by atoms with Crippen LogP contribution in [0.25, 0.3) is 0 Å². The van der Waals surface area contributed by atoms with Gasteiger partial charge in [-0.15, -0.1) is 0 Å². The fraction of sp³-hybridized carbons (Fsp3) is 0.500. The third-order valence-electron chi connectivity index (χ3n) is 5.91. The largest absolute Gasteiger partial charge is 0.443 e. The molecule has 1 aromatic rings. The van der Waals surface area contributed by atoms with E-state index in [0.29, 0.717) is 23.4 Å². The Morgan fingerprint density at radius 1 is 1.18 bits per heavy atom. The number of fused-ring (bicyclic) bond motifs is 2. The molecule has 3 rings (SSSR count). The maximum absolute atomic E-state index is 10.1. The zero-order valence-electron chi connectivity index (χ0n) is 15.4. The second kappa shape index (κ2) is 6.94. The maximum atomic E-state index is 10.1. The van der Waals surface area contributed by atoms with E-state index in [9.17, 15) is 15.8 Å². The van der Waals surface area contributed by atoms with Gasteiger partial charge < -0.3 is 9.47 Å². The van der Waals surface area contributed by atoms with Gasteiger partial charge >= 0.3 is 0 Å². The summed E-state index contributed by atoms with van der Waals surface area (Å²) in [6.07, 6.45) is 0.947. The fourth-order valence-corrected chi connectivity index (χ4v) is 4.91. The highest BCUT2D eigenvalue weighted by Crippen LogP contribution is 2.66. The molecule has 2 fully saturated rings. The van der Waals surface area contributed by atoms with Crippen molar-refractivity contribution in [2.45, 2.75) is 45.0 Å². The van der Waals surface area contributed by atoms with E-state index in [4.69, 9.17) is 38.1 Å². The lowest BCUT2D eigenvalue weighted by Crippen LogP contribution is -2.60. The number of rotatable bonds is 4. The second-order valence-electron chi connectivity index (χ2n) is 7.14. The Kier molecular flexibility index (Phi) is 5.07. The number of nitrogens with zero attached hydrogens (tertiary/aromatic N) is 3. The molecule has 2 bridgehead atoms. The third kappa shape index (κ3) is 2.31. The Morgan fingerprint density at radius 2 is 1.86 bits per heavy atom. The molecule has 6 nitrogen and oxygen atoms in total. The van der Waals surface area contributed by atoms with Crippen LogP contribution in [0.15, 0.2) is 18.2 Å². The SMILES string of the molecule is CCCCC1OC2(c3ccc(Cl)cc3Cl)OC(=N)C(C#N)(C2C)C1(C#N)C#N. The predicted octanol–water partition coefficient (Wildman–Crippen LogP) is 4.92. The van der Waals surface area contributed by atoms with Gasteiger partial charge in [0.15, 0.2) is 10.8 Å². The van der Waals surface area contributed by atoms with Crippen molar-refractivity contribution in [2.24, 2.45) is 16.7 Å². The lowest BCUT2D eigenvalue weighted by molar-refractivity contribution is -0.286. The monoisotopic (exact) mass is 416 g/mol. The normalized spacial score (nSPS) is 32.7. The van der Waals surface area contributed by atoms with Gasteiger partial charge in [-0.05, 0) is 24.6 Å². The van der Waals surface area contributed by atoms with Crippen LogP contribution >= 0.6 is 23.2 Å². The van der Waals surface area contributed by atoms with E-state index in [1.807, 2.05) is 19.1 Å². The van der Waals surface area contributed by atoms with Crippen LogP contribution in [0.4, 0.5) is 0 Å². The number of halogens is 2. The molecule has 4 unspecified atom stereocenters. The van der Waals surface area contributed by atoms with Crippen molar-refractivity contribution < 1.29 is 9.47 Å². The van der Waals surface area contributed by atoms with E-state index in [1.165, 1.54) is 6.07 Å². The Balaban J connectivity index is 2.30. The Morgan fingerprint density at radius 3 is 2.39 bits per heavy atom. The topological polar surface area (TPSA) is 114 Å². The molecule has 0 radical (unpaired) electrons. The average molecular weight is 417 g/mol. The van der Waals surface area contributed by atoms with Gasteiger partial charge in [-0.2, -0.15) is 15.8 Å². The summed E-state index contributed by atoms with van der Waals surface area (Å²) in [5, 5.41) is 39.3. The fourth-order valence-electron chi connectivity index (χ4n) is 4.37. The molecule has 8 heteroatoms. The van der Waals surface area contributed by atoms with Crippen molar-refractivity contribution in [3.05, 3.63) is 33.8 Å². The minimum absolute atomic E-state index is 0.261. The number of nitriles is 3. The van der Waals surface area contributed by atoms with Crippen LogP contribution in [-0.2, 0) is 15.3 Å². The zero-order chi connectivity index (χ0) is 20.7. The first-order chi connectivity index (χ1) is 13.3. The summed E-state index contributed by atoms with van der Waals surface area (Å²) in [7, 11) is 0. The summed E-state index contributed by atoms with van der Waals surface area (Å²) < 4.78 is 12.2. The average Bonchev–Trinajstić information content (AvgIpc) is 2.83. The summed E-state index contributed by atoms with van der Waals surface area (Å²) in [4.78, 5) is 0. The van der Waals surface area contributed by atoms with Crippen molar-refractivity contribution in [3.63, 3.8) is 0 Å². The first-order valence-corrected chi connectivity index (χ1v) is 9.70. The third-order valence-corrected chi connectivity index (χ3v) is 6.46. The molecule has 0 aliphatic carbocycles. The second-order valence-corrected chi connectivity index (χ2v) is 7.99. The van der Waals surface area contributed by atoms with Gasteiger partial charge in [-0.25, -0.2) is 0 Å². The molecule has 0 amide bonds. The van der Waals surface area contributed by atoms with Crippen LogP contribution < -0.4 is 0 Å². The minimum atomic E-state index is -1.87. The molecule has 1 aromatic carbocycles. The first kappa shape index (κ1) is 20.4. The maximum Gasteiger partial charge on any atom is 0.245 e. The quantitative estimate of drug-likeness (QED) is 0.747. The summed E-state index contributed by atoms with van der Waals surface area (Å²) in [5.41, 5.74) is -3.23. The summed E-state index contributed by atoms with van der Waals surface area (Å²) in [5.74, 6) is -2.83. The standard InChI is InChI=1S/C20H18Cl2N4O2/c1-3-4-5-16-18(9-23,10-24)19(11-25)12(2)20(27-16,28-17(19)26)14-7-6-13(21)8-15(14)22/h6-8,12,16,26H,3-5H2,1-2H3. The highest BCUT2D eigenvalue weighted by atomic mass is 35.5. The van der Waals surface area contributed by atoms with E-state index in [0.717, 1.165) is 6.42 Å². The van der Waals surface area contributed by atoms with Crippen LogP contribution in [0.1, 0.15) is 38.7 Å². The molecule has 1 N–H and O–H groups in total. The highest BCUT2D eigenvalue weighted by Gasteiger charge is 2.79. The molecule has 2 aliphatic rings. The van der Waals surface area contributed by atoms with E-state index in [-0.39, 0.29) is 5.02 Å². The number of hydrogen-bond donors (Lipinski definition) is 1. The number of benzene rings is 1. The van der Waals surface area contributed by atoms with Gasteiger partial charge in [0.25, 0.3) is 0 Å². The van der Waals surface area contributed by atoms with E-state index in [2.05, 4.69) is 6.07 Å². The molecular weight excluding hydrogens is 399 g/mol. The summed E-state index contributed by atoms with van der Waals surface area (Å²) in [6.45, 7) is 3.63. The molecule has 28 heavy (non-hydrogen) atoms. The summed E-state index contributed by atoms with van der Waals surface area (Å²) in [6, 6.07) is 10.9. The Bertz CT molecular complexity index is 946. The van der Waals surface area contributed by atoms with Gasteiger partial charge in [-0.3, -0.25) is 5.41 Å². The lowest BCUT2D eigenvalue weighted by Gasteiger charge is -2.49. The molecule has 2 saturated heterocycles. The molecule has 0 spiro atoms. The van der Waals surface area contributed by atoms with Crippen molar-refractivity contribution >= 4 is 29.1 Å². The minimum Gasteiger partial charge on any atom is -0.443 e.